The van der Waals surface area contributed by atoms with Crippen molar-refractivity contribution in [3.63, 3.8) is 0 Å². The van der Waals surface area contributed by atoms with E-state index >= 15 is 0 Å². The molecule has 0 spiro atoms. The van der Waals surface area contributed by atoms with Crippen LogP contribution in [-0.4, -0.2) is 47.4 Å². The predicted octanol–water partition coefficient (Wildman–Crippen LogP) is 19.4. The number of esters is 1. The third-order valence-corrected chi connectivity index (χ3v) is 14.5. The largest absolute Gasteiger partial charge is 0.466 e. The van der Waals surface area contributed by atoms with Crippen LogP contribution in [0, 0.1) is 0 Å². The Kier molecular flexibility index (Phi) is 57.5. The van der Waals surface area contributed by atoms with Crippen molar-refractivity contribution >= 4 is 11.9 Å². The number of carbonyl (C=O) groups excluding carboxylic acids is 2. The maximum atomic E-state index is 12.4. The first-order valence-corrected chi connectivity index (χ1v) is 31.1. The first-order chi connectivity index (χ1) is 34.0. The number of aliphatic hydroxyl groups is 2. The van der Waals surface area contributed by atoms with Crippen molar-refractivity contribution < 1.29 is 24.5 Å². The number of amides is 1. The summed E-state index contributed by atoms with van der Waals surface area (Å²) in [4.78, 5) is 24.4. The Morgan fingerprint density at radius 2 is 0.681 bits per heavy atom. The predicted molar refractivity (Wildman–Crippen MR) is 301 cm³/mol. The minimum atomic E-state index is -0.843. The Balaban J connectivity index is 3.39. The highest BCUT2D eigenvalue weighted by molar-refractivity contribution is 5.76. The summed E-state index contributed by atoms with van der Waals surface area (Å²) in [6.07, 6.45) is 72.3. The molecule has 0 aliphatic rings. The zero-order valence-electron chi connectivity index (χ0n) is 46.6. The molecule has 0 bridgehead atoms. The fraction of sp³-hybridized carbons (Fsp3) is 0.905. The van der Waals surface area contributed by atoms with E-state index in [0.717, 1.165) is 38.5 Å². The number of ether oxygens (including phenoxy) is 1. The molecule has 0 rings (SSSR count). The normalized spacial score (nSPS) is 12.7. The van der Waals surface area contributed by atoms with E-state index in [1.807, 2.05) is 6.08 Å². The van der Waals surface area contributed by atoms with Crippen molar-refractivity contribution in [2.45, 2.75) is 353 Å². The molecule has 0 fully saturated rings. The third kappa shape index (κ3) is 55.5. The van der Waals surface area contributed by atoms with Crippen molar-refractivity contribution in [1.82, 2.24) is 5.32 Å². The van der Waals surface area contributed by atoms with Gasteiger partial charge in [0.25, 0.3) is 0 Å². The molecule has 0 aliphatic carbocycles. The number of carbonyl (C=O) groups is 2. The van der Waals surface area contributed by atoms with Gasteiger partial charge in [0.1, 0.15) is 0 Å². The Morgan fingerprint density at radius 1 is 0.391 bits per heavy atom. The van der Waals surface area contributed by atoms with E-state index in [1.165, 1.54) is 276 Å². The molecule has 1 amide bonds. The number of nitrogens with one attached hydrogen (secondary N) is 1. The lowest BCUT2D eigenvalue weighted by Crippen LogP contribution is -2.45. The molecule has 2 atom stereocenters. The zero-order valence-corrected chi connectivity index (χ0v) is 46.6. The SMILES string of the molecule is CCCCCCCCCCCCC/C=C/C(O)C(CO)NC(=O)CCCCCCCCCCCCCC/C=C\CCCCCCCCCCCCCCOC(=O)CCCCCCCCCCCCC. The van der Waals surface area contributed by atoms with E-state index < -0.39 is 12.1 Å². The highest BCUT2D eigenvalue weighted by Crippen LogP contribution is 2.17. The molecule has 0 aromatic rings. The first kappa shape index (κ1) is 67.3. The maximum absolute atomic E-state index is 12.4. The van der Waals surface area contributed by atoms with Gasteiger partial charge in [-0.05, 0) is 57.8 Å². The summed E-state index contributed by atoms with van der Waals surface area (Å²) in [6, 6.07) is -0.626. The lowest BCUT2D eigenvalue weighted by molar-refractivity contribution is -0.143. The van der Waals surface area contributed by atoms with E-state index in [9.17, 15) is 19.8 Å². The number of rotatable bonds is 58. The number of unbranched alkanes of at least 4 members (excludes halogenated alkanes) is 45. The van der Waals surface area contributed by atoms with Gasteiger partial charge >= 0.3 is 5.97 Å². The van der Waals surface area contributed by atoms with Crippen LogP contribution in [0.15, 0.2) is 24.3 Å². The lowest BCUT2D eigenvalue weighted by atomic mass is 10.0. The summed E-state index contributed by atoms with van der Waals surface area (Å²) >= 11 is 0. The summed E-state index contributed by atoms with van der Waals surface area (Å²) < 4.78 is 5.47. The molecule has 0 saturated heterocycles. The van der Waals surface area contributed by atoms with Gasteiger partial charge in [-0.1, -0.05) is 295 Å². The van der Waals surface area contributed by atoms with Crippen LogP contribution < -0.4 is 5.32 Å². The van der Waals surface area contributed by atoms with E-state index in [4.69, 9.17) is 4.74 Å². The van der Waals surface area contributed by atoms with Crippen LogP contribution in [-0.2, 0) is 14.3 Å². The van der Waals surface area contributed by atoms with Crippen molar-refractivity contribution in [3.05, 3.63) is 24.3 Å². The molecule has 2 unspecified atom stereocenters. The van der Waals surface area contributed by atoms with Gasteiger partial charge in [0, 0.05) is 12.8 Å². The highest BCUT2D eigenvalue weighted by Gasteiger charge is 2.18. The van der Waals surface area contributed by atoms with Crippen LogP contribution in [0.1, 0.15) is 341 Å². The summed E-state index contributed by atoms with van der Waals surface area (Å²) in [5.41, 5.74) is 0. The zero-order chi connectivity index (χ0) is 50.0. The fourth-order valence-electron chi connectivity index (χ4n) is 9.69. The van der Waals surface area contributed by atoms with E-state index in [0.29, 0.717) is 19.4 Å². The number of allylic oxidation sites excluding steroid dienone is 3. The minimum Gasteiger partial charge on any atom is -0.466 e. The second-order valence-electron chi connectivity index (χ2n) is 21.4. The molecule has 6 nitrogen and oxygen atoms in total. The van der Waals surface area contributed by atoms with Crippen LogP contribution in [0.3, 0.4) is 0 Å². The van der Waals surface area contributed by atoms with Crippen molar-refractivity contribution in [3.8, 4) is 0 Å². The van der Waals surface area contributed by atoms with Crippen LogP contribution in [0.4, 0.5) is 0 Å². The van der Waals surface area contributed by atoms with E-state index in [1.54, 1.807) is 6.08 Å². The van der Waals surface area contributed by atoms with E-state index in [-0.39, 0.29) is 18.5 Å². The van der Waals surface area contributed by atoms with Crippen LogP contribution in [0.25, 0.3) is 0 Å². The Hall–Kier alpha value is -1.66. The van der Waals surface area contributed by atoms with Crippen LogP contribution in [0.5, 0.6) is 0 Å². The molecule has 0 aliphatic heterocycles. The Labute approximate surface area is 431 Å². The average Bonchev–Trinajstić information content (AvgIpc) is 3.35. The molecule has 6 heteroatoms. The minimum absolute atomic E-state index is 0.0153. The average molecular weight is 973 g/mol. The standard InChI is InChI=1S/C63H121NO5/c1-3-5-7-9-11-13-15-32-36-39-43-47-51-55-61(66)60(59-65)64-62(67)56-52-48-44-40-37-33-30-28-26-24-22-20-18-16-17-19-21-23-25-27-29-31-34-38-42-46-50-54-58-69-63(68)57-53-49-45-41-35-14-12-10-8-6-4-2/h16-17,51,55,60-61,65-66H,3-15,18-50,52-54,56-59H2,1-2H3,(H,64,67)/b17-16-,55-51+. The van der Waals surface area contributed by atoms with Gasteiger partial charge in [0.15, 0.2) is 0 Å². The molecule has 0 aromatic carbocycles. The summed E-state index contributed by atoms with van der Waals surface area (Å²) in [6.45, 7) is 4.91. The quantitative estimate of drug-likeness (QED) is 0.0321. The molecule has 0 heterocycles. The maximum Gasteiger partial charge on any atom is 0.305 e. The van der Waals surface area contributed by atoms with Gasteiger partial charge in [-0.25, -0.2) is 0 Å². The molecule has 408 valence electrons. The van der Waals surface area contributed by atoms with Gasteiger partial charge in [-0.2, -0.15) is 0 Å². The van der Waals surface area contributed by atoms with Crippen LogP contribution in [0.2, 0.25) is 0 Å². The summed E-state index contributed by atoms with van der Waals surface area (Å²) in [5, 5.41) is 23.1. The van der Waals surface area contributed by atoms with Crippen molar-refractivity contribution in [2.24, 2.45) is 0 Å². The molecule has 0 aromatic heterocycles. The lowest BCUT2D eigenvalue weighted by Gasteiger charge is -2.20. The van der Waals surface area contributed by atoms with Gasteiger partial charge in [0.2, 0.25) is 5.91 Å². The van der Waals surface area contributed by atoms with E-state index in [2.05, 4.69) is 31.3 Å². The van der Waals surface area contributed by atoms with Gasteiger partial charge in [-0.15, -0.1) is 0 Å². The molecular formula is C63H121NO5. The molecule has 0 saturated carbocycles. The topological polar surface area (TPSA) is 95.9 Å². The highest BCUT2D eigenvalue weighted by atomic mass is 16.5. The molecule has 0 radical (unpaired) electrons. The number of aliphatic hydroxyl groups excluding tert-OH is 2. The van der Waals surface area contributed by atoms with Gasteiger partial charge < -0.3 is 20.3 Å². The monoisotopic (exact) mass is 972 g/mol. The van der Waals surface area contributed by atoms with Crippen molar-refractivity contribution in [1.29, 1.82) is 0 Å². The number of hydrogen-bond acceptors (Lipinski definition) is 5. The molecular weight excluding hydrogens is 851 g/mol. The Morgan fingerprint density at radius 3 is 1.03 bits per heavy atom. The van der Waals surface area contributed by atoms with Gasteiger partial charge in [-0.3, -0.25) is 9.59 Å². The summed E-state index contributed by atoms with van der Waals surface area (Å²) in [7, 11) is 0. The second kappa shape index (κ2) is 58.9. The Bertz CT molecular complexity index is 1080. The molecule has 69 heavy (non-hydrogen) atoms. The van der Waals surface area contributed by atoms with Gasteiger partial charge in [0.05, 0.1) is 25.4 Å². The first-order valence-electron chi connectivity index (χ1n) is 31.1. The number of hydrogen-bond donors (Lipinski definition) is 3. The third-order valence-electron chi connectivity index (χ3n) is 14.5. The van der Waals surface area contributed by atoms with Crippen molar-refractivity contribution in [2.75, 3.05) is 13.2 Å². The smallest absolute Gasteiger partial charge is 0.305 e. The van der Waals surface area contributed by atoms with Crippen LogP contribution >= 0.6 is 0 Å². The summed E-state index contributed by atoms with van der Waals surface area (Å²) in [5.74, 6) is -0.0518. The molecule has 3 N–H and O–H groups in total. The second-order valence-corrected chi connectivity index (χ2v) is 21.4. The fourth-order valence-corrected chi connectivity index (χ4v) is 9.69.